The van der Waals surface area contributed by atoms with Crippen molar-refractivity contribution >= 4 is 53.4 Å². The summed E-state index contributed by atoms with van der Waals surface area (Å²) in [7, 11) is 0. The highest BCUT2D eigenvalue weighted by atomic mass is 127. The Balaban J connectivity index is 0.00000272. The van der Waals surface area contributed by atoms with E-state index in [1.165, 1.54) is 10.5 Å². The first-order valence-corrected chi connectivity index (χ1v) is 11.3. The number of hydrogen-bond acceptors (Lipinski definition) is 3. The first kappa shape index (κ1) is 24.0. The van der Waals surface area contributed by atoms with E-state index in [4.69, 9.17) is 11.6 Å². The quantitative estimate of drug-likeness (QED) is 0.129. The van der Waals surface area contributed by atoms with Crippen LogP contribution in [0.1, 0.15) is 25.3 Å². The van der Waals surface area contributed by atoms with Gasteiger partial charge in [-0.05, 0) is 55.7 Å². The van der Waals surface area contributed by atoms with E-state index < -0.39 is 0 Å². The fourth-order valence-electron chi connectivity index (χ4n) is 4.92. The summed E-state index contributed by atoms with van der Waals surface area (Å²) in [6.07, 6.45) is 6.77. The molecule has 31 heavy (non-hydrogen) atoms. The van der Waals surface area contributed by atoms with Gasteiger partial charge in [0.25, 0.3) is 0 Å². The maximum atomic E-state index is 12.7. The number of guanidine groups is 1. The number of likely N-dealkylation sites (tertiary alicyclic amines) is 1. The molecule has 0 aromatic heterocycles. The van der Waals surface area contributed by atoms with Crippen LogP contribution < -0.4 is 10.6 Å². The van der Waals surface area contributed by atoms with Gasteiger partial charge < -0.3 is 10.6 Å². The highest BCUT2D eigenvalue weighted by molar-refractivity contribution is 14.0. The van der Waals surface area contributed by atoms with E-state index in [1.54, 1.807) is 0 Å². The van der Waals surface area contributed by atoms with Crippen LogP contribution in [0, 0.1) is 23.7 Å². The molecule has 8 heteroatoms. The molecule has 1 aromatic rings. The van der Waals surface area contributed by atoms with Crippen LogP contribution in [0.4, 0.5) is 0 Å². The van der Waals surface area contributed by atoms with Gasteiger partial charge in [0.15, 0.2) is 5.96 Å². The molecule has 0 radical (unpaired) electrons. The largest absolute Gasteiger partial charge is 0.357 e. The van der Waals surface area contributed by atoms with Crippen LogP contribution >= 0.6 is 35.6 Å². The van der Waals surface area contributed by atoms with Gasteiger partial charge in [0.05, 0.1) is 11.8 Å². The highest BCUT2D eigenvalue weighted by Crippen LogP contribution is 2.52. The van der Waals surface area contributed by atoms with Crippen molar-refractivity contribution in [1.82, 2.24) is 15.5 Å². The maximum Gasteiger partial charge on any atom is 0.233 e. The molecule has 4 unspecified atom stereocenters. The molecule has 168 valence electrons. The molecule has 1 saturated carbocycles. The summed E-state index contributed by atoms with van der Waals surface area (Å²) >= 11 is 5.92. The third-order valence-corrected chi connectivity index (χ3v) is 6.59. The standard InChI is InChI=1S/C23H29ClN4O2.HI/c1-2-25-23(27-12-10-15-4-8-18(24)9-5-15)26-11-3-13-28-21(29)19-16-6-7-17(14-16)20(19)22(28)30;/h4-9,16-17,19-20H,2-3,10-14H2,1H3,(H2,25,26,27);1H. The summed E-state index contributed by atoms with van der Waals surface area (Å²) in [6, 6.07) is 7.84. The average Bonchev–Trinajstić information content (AvgIpc) is 3.42. The zero-order valence-electron chi connectivity index (χ0n) is 17.7. The maximum absolute atomic E-state index is 12.7. The number of amides is 2. The lowest BCUT2D eigenvalue weighted by Gasteiger charge is -2.17. The molecule has 1 aliphatic heterocycles. The number of benzene rings is 1. The van der Waals surface area contributed by atoms with Crippen molar-refractivity contribution in [2.75, 3.05) is 26.2 Å². The zero-order valence-corrected chi connectivity index (χ0v) is 20.8. The molecule has 1 aromatic carbocycles. The number of nitrogens with one attached hydrogen (secondary N) is 2. The Labute approximate surface area is 205 Å². The molecule has 2 aliphatic carbocycles. The summed E-state index contributed by atoms with van der Waals surface area (Å²) in [6.45, 7) is 4.58. The predicted molar refractivity (Wildman–Crippen MR) is 134 cm³/mol. The molecule has 2 amide bonds. The van der Waals surface area contributed by atoms with E-state index in [9.17, 15) is 9.59 Å². The van der Waals surface area contributed by atoms with Crippen molar-refractivity contribution in [2.24, 2.45) is 28.7 Å². The van der Waals surface area contributed by atoms with E-state index >= 15 is 0 Å². The van der Waals surface area contributed by atoms with Crippen molar-refractivity contribution < 1.29 is 9.59 Å². The van der Waals surface area contributed by atoms with Gasteiger partial charge in [-0.1, -0.05) is 35.9 Å². The third kappa shape index (κ3) is 5.25. The van der Waals surface area contributed by atoms with Crippen molar-refractivity contribution in [1.29, 1.82) is 0 Å². The fraction of sp³-hybridized carbons (Fsp3) is 0.522. The summed E-state index contributed by atoms with van der Waals surface area (Å²) in [5.41, 5.74) is 1.21. The Bertz CT molecular complexity index is 828. The minimum atomic E-state index is -0.108. The molecular formula is C23H30ClIN4O2. The Morgan fingerprint density at radius 2 is 1.74 bits per heavy atom. The predicted octanol–water partition coefficient (Wildman–Crippen LogP) is 3.25. The Hall–Kier alpha value is -1.61. The second-order valence-electron chi connectivity index (χ2n) is 8.25. The SMILES string of the molecule is CCNC(=NCCCN1C(=O)C2C3C=CC(C3)C2C1=O)NCCc1ccc(Cl)cc1.I. The topological polar surface area (TPSA) is 73.8 Å². The van der Waals surface area contributed by atoms with Gasteiger partial charge in [-0.2, -0.15) is 0 Å². The number of imide groups is 1. The average molecular weight is 557 g/mol. The van der Waals surface area contributed by atoms with Crippen molar-refractivity contribution in [3.05, 3.63) is 47.0 Å². The summed E-state index contributed by atoms with van der Waals surface area (Å²) in [4.78, 5) is 31.5. The second-order valence-corrected chi connectivity index (χ2v) is 8.68. The lowest BCUT2D eigenvalue weighted by Crippen LogP contribution is -2.38. The number of halogens is 2. The molecule has 4 atom stereocenters. The minimum absolute atomic E-state index is 0. The lowest BCUT2D eigenvalue weighted by atomic mass is 9.85. The Morgan fingerprint density at radius 3 is 2.35 bits per heavy atom. The number of rotatable bonds is 8. The van der Waals surface area contributed by atoms with E-state index in [-0.39, 0.29) is 59.5 Å². The molecule has 1 saturated heterocycles. The highest BCUT2D eigenvalue weighted by Gasteiger charge is 2.58. The fourth-order valence-corrected chi connectivity index (χ4v) is 5.05. The van der Waals surface area contributed by atoms with Crippen LogP contribution in [0.25, 0.3) is 0 Å². The van der Waals surface area contributed by atoms with Crippen LogP contribution in [-0.4, -0.2) is 48.9 Å². The van der Waals surface area contributed by atoms with Gasteiger partial charge in [0.2, 0.25) is 11.8 Å². The first-order chi connectivity index (χ1) is 14.6. The van der Waals surface area contributed by atoms with Crippen molar-refractivity contribution in [3.8, 4) is 0 Å². The zero-order chi connectivity index (χ0) is 21.1. The molecule has 2 bridgehead atoms. The molecular weight excluding hydrogens is 527 g/mol. The third-order valence-electron chi connectivity index (χ3n) is 6.33. The number of carbonyl (C=O) groups excluding carboxylic acids is 2. The molecule has 1 heterocycles. The van der Waals surface area contributed by atoms with E-state index in [2.05, 4.69) is 27.8 Å². The van der Waals surface area contributed by atoms with Gasteiger partial charge in [-0.25, -0.2) is 0 Å². The number of carbonyl (C=O) groups is 2. The number of hydrogen-bond donors (Lipinski definition) is 2. The smallest absolute Gasteiger partial charge is 0.233 e. The molecule has 6 nitrogen and oxygen atoms in total. The van der Waals surface area contributed by atoms with Crippen LogP contribution in [0.5, 0.6) is 0 Å². The van der Waals surface area contributed by atoms with Crippen molar-refractivity contribution in [2.45, 2.75) is 26.2 Å². The summed E-state index contributed by atoms with van der Waals surface area (Å²) in [5.74, 6) is 1.13. The number of nitrogens with zero attached hydrogens (tertiary/aromatic N) is 2. The number of aliphatic imine (C=N–C) groups is 1. The van der Waals surface area contributed by atoms with E-state index in [1.807, 2.05) is 31.2 Å². The second kappa shape index (κ2) is 10.8. The molecule has 4 rings (SSSR count). The molecule has 3 aliphatic rings. The van der Waals surface area contributed by atoms with Gasteiger partial charge >= 0.3 is 0 Å². The van der Waals surface area contributed by atoms with Gasteiger partial charge in [-0.3, -0.25) is 19.5 Å². The summed E-state index contributed by atoms with van der Waals surface area (Å²) < 4.78 is 0. The summed E-state index contributed by atoms with van der Waals surface area (Å²) in [5, 5.41) is 7.31. The first-order valence-electron chi connectivity index (χ1n) is 10.9. The Morgan fingerprint density at radius 1 is 1.10 bits per heavy atom. The normalized spacial score (nSPS) is 26.3. The molecule has 2 N–H and O–H groups in total. The van der Waals surface area contributed by atoms with Gasteiger partial charge in [0.1, 0.15) is 0 Å². The van der Waals surface area contributed by atoms with E-state index in [0.717, 1.165) is 36.9 Å². The van der Waals surface area contributed by atoms with E-state index in [0.29, 0.717) is 19.5 Å². The van der Waals surface area contributed by atoms with Crippen LogP contribution in [0.3, 0.4) is 0 Å². The van der Waals surface area contributed by atoms with Crippen LogP contribution in [0.15, 0.2) is 41.4 Å². The number of allylic oxidation sites excluding steroid dienone is 2. The Kier molecular flexibility index (Phi) is 8.38. The molecule has 2 fully saturated rings. The van der Waals surface area contributed by atoms with Crippen LogP contribution in [0.2, 0.25) is 5.02 Å². The van der Waals surface area contributed by atoms with Crippen LogP contribution in [-0.2, 0) is 16.0 Å². The lowest BCUT2D eigenvalue weighted by molar-refractivity contribution is -0.140. The van der Waals surface area contributed by atoms with Gasteiger partial charge in [-0.15, -0.1) is 24.0 Å². The minimum Gasteiger partial charge on any atom is -0.357 e. The number of fused-ring (bicyclic) bond motifs is 5. The molecule has 0 spiro atoms. The van der Waals surface area contributed by atoms with Crippen molar-refractivity contribution in [3.63, 3.8) is 0 Å². The van der Waals surface area contributed by atoms with Gasteiger partial charge in [0, 0.05) is 31.2 Å². The monoisotopic (exact) mass is 556 g/mol.